The van der Waals surface area contributed by atoms with Gasteiger partial charge in [0.1, 0.15) is 23.4 Å². The summed E-state index contributed by atoms with van der Waals surface area (Å²) in [6.07, 6.45) is 1.48. The summed E-state index contributed by atoms with van der Waals surface area (Å²) >= 11 is 0. The van der Waals surface area contributed by atoms with E-state index in [9.17, 15) is 14.0 Å². The van der Waals surface area contributed by atoms with Crippen molar-refractivity contribution in [2.24, 2.45) is 0 Å². The maximum absolute atomic E-state index is 13.7. The summed E-state index contributed by atoms with van der Waals surface area (Å²) in [6.45, 7) is 0. The van der Waals surface area contributed by atoms with Crippen molar-refractivity contribution in [3.05, 3.63) is 60.5 Å². The number of para-hydroxylation sites is 1. The number of hydrogen-bond donors (Lipinski definition) is 2. The Morgan fingerprint density at radius 2 is 2.00 bits per heavy atom. The third-order valence-electron chi connectivity index (χ3n) is 4.56. The summed E-state index contributed by atoms with van der Waals surface area (Å²) in [7, 11) is 1.59. The molecule has 1 unspecified atom stereocenters. The quantitative estimate of drug-likeness (QED) is 0.712. The van der Waals surface area contributed by atoms with Crippen molar-refractivity contribution in [2.45, 2.75) is 12.5 Å². The molecule has 0 radical (unpaired) electrons. The first-order chi connectivity index (χ1) is 13.6. The van der Waals surface area contributed by atoms with Crippen molar-refractivity contribution in [3.8, 4) is 16.9 Å². The molecule has 2 aromatic carbocycles. The van der Waals surface area contributed by atoms with Gasteiger partial charge < -0.3 is 15.4 Å². The number of amides is 2. The largest absolute Gasteiger partial charge is 0.497 e. The summed E-state index contributed by atoms with van der Waals surface area (Å²) in [4.78, 5) is 24.7. The molecule has 28 heavy (non-hydrogen) atoms. The second kappa shape index (κ2) is 7.15. The van der Waals surface area contributed by atoms with Gasteiger partial charge in [0.15, 0.2) is 0 Å². The Labute approximate surface area is 160 Å². The van der Waals surface area contributed by atoms with Gasteiger partial charge in [-0.2, -0.15) is 5.10 Å². The van der Waals surface area contributed by atoms with Crippen LogP contribution in [0, 0.1) is 5.82 Å². The van der Waals surface area contributed by atoms with Gasteiger partial charge in [-0.15, -0.1) is 0 Å². The number of nitrogens with zero attached hydrogens (tertiary/aromatic N) is 2. The van der Waals surface area contributed by atoms with E-state index in [1.165, 1.54) is 22.9 Å². The van der Waals surface area contributed by atoms with Gasteiger partial charge in [0.05, 0.1) is 25.4 Å². The fourth-order valence-corrected chi connectivity index (χ4v) is 3.13. The fraction of sp³-hybridized carbons (Fsp3) is 0.150. The first-order valence-electron chi connectivity index (χ1n) is 8.64. The van der Waals surface area contributed by atoms with Gasteiger partial charge in [0.2, 0.25) is 5.91 Å². The van der Waals surface area contributed by atoms with Crippen molar-refractivity contribution in [3.63, 3.8) is 0 Å². The van der Waals surface area contributed by atoms with Crippen LogP contribution in [-0.4, -0.2) is 28.7 Å². The van der Waals surface area contributed by atoms with Crippen LogP contribution in [0.5, 0.6) is 5.75 Å². The molecule has 3 aromatic rings. The van der Waals surface area contributed by atoms with Crippen molar-refractivity contribution < 1.29 is 18.7 Å². The molecule has 2 N–H and O–H groups in total. The van der Waals surface area contributed by atoms with E-state index in [2.05, 4.69) is 15.7 Å². The molecule has 0 saturated carbocycles. The number of aromatic nitrogens is 2. The topological polar surface area (TPSA) is 85.2 Å². The SMILES string of the molecule is COc1ccc(-c2cnn3c2NC(=O)C3CC(=O)Nc2ccccc2F)cc1. The molecule has 0 saturated heterocycles. The third kappa shape index (κ3) is 3.20. The first-order valence-corrected chi connectivity index (χ1v) is 8.64. The van der Waals surface area contributed by atoms with Crippen LogP contribution in [0.15, 0.2) is 54.7 Å². The Hall–Kier alpha value is -3.68. The van der Waals surface area contributed by atoms with E-state index >= 15 is 0 Å². The molecule has 7 nitrogen and oxygen atoms in total. The number of carbonyl (C=O) groups excluding carboxylic acids is 2. The van der Waals surface area contributed by atoms with Crippen LogP contribution < -0.4 is 15.4 Å². The molecule has 1 atom stereocenters. The van der Waals surface area contributed by atoms with Crippen molar-refractivity contribution in [1.29, 1.82) is 0 Å². The van der Waals surface area contributed by atoms with E-state index in [1.807, 2.05) is 24.3 Å². The highest BCUT2D eigenvalue weighted by Crippen LogP contribution is 2.36. The van der Waals surface area contributed by atoms with Crippen LogP contribution in [0.4, 0.5) is 15.9 Å². The van der Waals surface area contributed by atoms with Crippen LogP contribution >= 0.6 is 0 Å². The molecule has 1 aromatic heterocycles. The van der Waals surface area contributed by atoms with Crippen LogP contribution in [0.2, 0.25) is 0 Å². The summed E-state index contributed by atoms with van der Waals surface area (Å²) in [5.74, 6) is -0.0902. The van der Waals surface area contributed by atoms with E-state index in [1.54, 1.807) is 19.4 Å². The number of fused-ring (bicyclic) bond motifs is 1. The lowest BCUT2D eigenvalue weighted by Gasteiger charge is -2.10. The maximum Gasteiger partial charge on any atom is 0.251 e. The summed E-state index contributed by atoms with van der Waals surface area (Å²) in [5.41, 5.74) is 1.68. The van der Waals surface area contributed by atoms with Crippen molar-refractivity contribution >= 4 is 23.3 Å². The first kappa shape index (κ1) is 17.7. The molecule has 8 heteroatoms. The van der Waals surface area contributed by atoms with Crippen LogP contribution in [0.25, 0.3) is 11.1 Å². The zero-order valence-corrected chi connectivity index (χ0v) is 15.0. The van der Waals surface area contributed by atoms with Gasteiger partial charge >= 0.3 is 0 Å². The maximum atomic E-state index is 13.7. The second-order valence-corrected chi connectivity index (χ2v) is 6.32. The van der Waals surface area contributed by atoms with Gasteiger partial charge in [0.25, 0.3) is 5.91 Å². The van der Waals surface area contributed by atoms with Gasteiger partial charge in [-0.3, -0.25) is 9.59 Å². The minimum absolute atomic E-state index is 0.0746. The average Bonchev–Trinajstić information content (AvgIpc) is 3.23. The van der Waals surface area contributed by atoms with Crippen LogP contribution in [0.1, 0.15) is 12.5 Å². The Balaban J connectivity index is 1.54. The molecular formula is C20H17FN4O3. The molecule has 142 valence electrons. The number of hydrogen-bond acceptors (Lipinski definition) is 4. The Morgan fingerprint density at radius 1 is 1.25 bits per heavy atom. The minimum atomic E-state index is -0.797. The van der Waals surface area contributed by atoms with E-state index in [0.717, 1.165) is 16.9 Å². The second-order valence-electron chi connectivity index (χ2n) is 6.32. The molecule has 0 aliphatic carbocycles. The molecule has 2 amide bonds. The summed E-state index contributed by atoms with van der Waals surface area (Å²) < 4.78 is 20.3. The number of benzene rings is 2. The van der Waals surface area contributed by atoms with Crippen molar-refractivity contribution in [1.82, 2.24) is 9.78 Å². The van der Waals surface area contributed by atoms with E-state index < -0.39 is 17.8 Å². The molecular weight excluding hydrogens is 363 g/mol. The Morgan fingerprint density at radius 3 is 2.71 bits per heavy atom. The molecule has 2 heterocycles. The molecule has 0 spiro atoms. The number of nitrogens with one attached hydrogen (secondary N) is 2. The van der Waals surface area contributed by atoms with Crippen LogP contribution in [0.3, 0.4) is 0 Å². The summed E-state index contributed by atoms with van der Waals surface area (Å²) in [6, 6.07) is 12.4. The highest BCUT2D eigenvalue weighted by Gasteiger charge is 2.35. The zero-order chi connectivity index (χ0) is 19.7. The van der Waals surface area contributed by atoms with E-state index in [4.69, 9.17) is 4.74 Å². The molecule has 1 aliphatic rings. The predicted octanol–water partition coefficient (Wildman–Crippen LogP) is 3.22. The fourth-order valence-electron chi connectivity index (χ4n) is 3.13. The smallest absolute Gasteiger partial charge is 0.251 e. The monoisotopic (exact) mass is 380 g/mol. The summed E-state index contributed by atoms with van der Waals surface area (Å²) in [5, 5.41) is 9.54. The lowest BCUT2D eigenvalue weighted by molar-refractivity contribution is -0.123. The number of anilines is 2. The standard InChI is InChI=1S/C20H17FN4O3/c1-28-13-8-6-12(7-9-13)14-11-22-25-17(20(27)24-19(14)25)10-18(26)23-16-5-3-2-4-15(16)21/h2-9,11,17H,10H2,1H3,(H,23,26)(H,24,27). The normalized spacial score (nSPS) is 15.1. The van der Waals surface area contributed by atoms with Crippen LogP contribution in [-0.2, 0) is 9.59 Å². The zero-order valence-electron chi connectivity index (χ0n) is 15.0. The molecule has 4 rings (SSSR count). The number of methoxy groups -OCH3 is 1. The third-order valence-corrected chi connectivity index (χ3v) is 4.56. The van der Waals surface area contributed by atoms with Gasteiger partial charge in [-0.1, -0.05) is 24.3 Å². The lowest BCUT2D eigenvalue weighted by atomic mass is 10.1. The van der Waals surface area contributed by atoms with E-state index in [0.29, 0.717) is 5.82 Å². The Bertz CT molecular complexity index is 1050. The highest BCUT2D eigenvalue weighted by atomic mass is 19.1. The number of halogens is 1. The van der Waals surface area contributed by atoms with Crippen molar-refractivity contribution in [2.75, 3.05) is 17.7 Å². The van der Waals surface area contributed by atoms with Gasteiger partial charge in [-0.05, 0) is 29.8 Å². The number of ether oxygens (including phenoxy) is 1. The molecule has 1 aliphatic heterocycles. The molecule has 0 fully saturated rings. The Kier molecular flexibility index (Phi) is 4.52. The average molecular weight is 380 g/mol. The predicted molar refractivity (Wildman–Crippen MR) is 102 cm³/mol. The number of carbonyl (C=O) groups is 2. The van der Waals surface area contributed by atoms with Gasteiger partial charge in [-0.25, -0.2) is 9.07 Å². The van der Waals surface area contributed by atoms with E-state index in [-0.39, 0.29) is 18.0 Å². The van der Waals surface area contributed by atoms with Gasteiger partial charge in [0, 0.05) is 5.56 Å². The lowest BCUT2D eigenvalue weighted by Crippen LogP contribution is -2.23. The highest BCUT2D eigenvalue weighted by molar-refractivity contribution is 6.04. The molecule has 0 bridgehead atoms. The number of rotatable bonds is 5. The minimum Gasteiger partial charge on any atom is -0.497 e.